The normalized spacial score (nSPS) is 13.3. The third-order valence-corrected chi connectivity index (χ3v) is 2.76. The highest BCUT2D eigenvalue weighted by molar-refractivity contribution is 5.91. The summed E-state index contributed by atoms with van der Waals surface area (Å²) in [6, 6.07) is 5.39. The maximum absolute atomic E-state index is 11.3. The predicted molar refractivity (Wildman–Crippen MR) is 64.2 cm³/mol. The van der Waals surface area contributed by atoms with E-state index in [1.807, 2.05) is 6.07 Å². The first kappa shape index (κ1) is 12.4. The van der Waals surface area contributed by atoms with E-state index in [0.717, 1.165) is 11.1 Å². The number of methoxy groups -OCH3 is 1. The van der Waals surface area contributed by atoms with Crippen LogP contribution in [0.25, 0.3) is 0 Å². The van der Waals surface area contributed by atoms with E-state index in [4.69, 9.17) is 9.84 Å². The maximum atomic E-state index is 11.3. The van der Waals surface area contributed by atoms with Gasteiger partial charge in [-0.3, -0.25) is 9.69 Å². The standard InChI is InChI=1S/C12H14N2O4/c1-18-7-11(15)13-10-3-2-8-5-14(12(16)17)6-9(8)4-10/h2-4H,5-7H2,1H3,(H,13,15)(H,16,17). The Morgan fingerprint density at radius 2 is 2.11 bits per heavy atom. The Bertz CT molecular complexity index is 487. The van der Waals surface area contributed by atoms with Crippen molar-refractivity contribution in [2.24, 2.45) is 0 Å². The summed E-state index contributed by atoms with van der Waals surface area (Å²) in [6.45, 7) is 0.758. The number of carbonyl (C=O) groups is 2. The molecule has 0 aliphatic carbocycles. The molecule has 0 spiro atoms. The number of nitrogens with zero attached hydrogens (tertiary/aromatic N) is 1. The van der Waals surface area contributed by atoms with Crippen LogP contribution in [0.1, 0.15) is 11.1 Å². The number of fused-ring (bicyclic) bond motifs is 1. The first-order valence-corrected chi connectivity index (χ1v) is 5.48. The van der Waals surface area contributed by atoms with Crippen LogP contribution < -0.4 is 5.32 Å². The summed E-state index contributed by atoms with van der Waals surface area (Å²) in [7, 11) is 1.45. The molecule has 0 fully saturated rings. The van der Waals surface area contributed by atoms with E-state index in [0.29, 0.717) is 18.8 Å². The topological polar surface area (TPSA) is 78.9 Å². The third kappa shape index (κ3) is 2.60. The first-order chi connectivity index (χ1) is 8.60. The van der Waals surface area contributed by atoms with E-state index in [1.54, 1.807) is 12.1 Å². The van der Waals surface area contributed by atoms with E-state index in [-0.39, 0.29) is 12.5 Å². The molecule has 6 heteroatoms. The van der Waals surface area contributed by atoms with Gasteiger partial charge in [0, 0.05) is 25.9 Å². The van der Waals surface area contributed by atoms with Crippen LogP contribution in [0, 0.1) is 0 Å². The minimum atomic E-state index is -0.934. The molecule has 1 aromatic rings. The van der Waals surface area contributed by atoms with E-state index in [1.165, 1.54) is 12.0 Å². The monoisotopic (exact) mass is 250 g/mol. The lowest BCUT2D eigenvalue weighted by Crippen LogP contribution is -2.22. The van der Waals surface area contributed by atoms with Gasteiger partial charge in [-0.1, -0.05) is 6.07 Å². The zero-order valence-corrected chi connectivity index (χ0v) is 9.97. The van der Waals surface area contributed by atoms with Crippen LogP contribution in [0.4, 0.5) is 10.5 Å². The van der Waals surface area contributed by atoms with Crippen LogP contribution in [-0.4, -0.2) is 35.7 Å². The number of carboxylic acid groups (broad SMARTS) is 1. The largest absolute Gasteiger partial charge is 0.465 e. The van der Waals surface area contributed by atoms with E-state index < -0.39 is 6.09 Å². The number of amides is 2. The number of hydrogen-bond donors (Lipinski definition) is 2. The third-order valence-electron chi connectivity index (χ3n) is 2.76. The lowest BCUT2D eigenvalue weighted by molar-refractivity contribution is -0.119. The number of anilines is 1. The molecule has 2 N–H and O–H groups in total. The van der Waals surface area contributed by atoms with Crippen LogP contribution in [0.15, 0.2) is 18.2 Å². The van der Waals surface area contributed by atoms with Gasteiger partial charge in [-0.2, -0.15) is 0 Å². The quantitative estimate of drug-likeness (QED) is 0.846. The number of ether oxygens (including phenoxy) is 1. The molecule has 0 aromatic heterocycles. The predicted octanol–water partition coefficient (Wildman–Crippen LogP) is 1.27. The van der Waals surface area contributed by atoms with Gasteiger partial charge >= 0.3 is 6.09 Å². The van der Waals surface area contributed by atoms with Crippen LogP contribution in [0.3, 0.4) is 0 Å². The molecule has 1 aliphatic heterocycles. The van der Waals surface area contributed by atoms with Crippen molar-refractivity contribution in [1.82, 2.24) is 4.90 Å². The summed E-state index contributed by atoms with van der Waals surface area (Å²) in [5.41, 5.74) is 2.55. The summed E-state index contributed by atoms with van der Waals surface area (Å²) in [5, 5.41) is 11.6. The Morgan fingerprint density at radius 1 is 1.39 bits per heavy atom. The molecule has 96 valence electrons. The highest BCUT2D eigenvalue weighted by atomic mass is 16.5. The van der Waals surface area contributed by atoms with Gasteiger partial charge in [0.25, 0.3) is 0 Å². The average molecular weight is 250 g/mol. The first-order valence-electron chi connectivity index (χ1n) is 5.48. The van der Waals surface area contributed by atoms with Gasteiger partial charge in [0.05, 0.1) is 0 Å². The van der Waals surface area contributed by atoms with Gasteiger partial charge in [-0.15, -0.1) is 0 Å². The van der Waals surface area contributed by atoms with Crippen LogP contribution in [-0.2, 0) is 22.6 Å². The second-order valence-corrected chi connectivity index (χ2v) is 4.10. The fourth-order valence-corrected chi connectivity index (χ4v) is 1.94. The molecule has 0 saturated carbocycles. The molecular weight excluding hydrogens is 236 g/mol. The van der Waals surface area contributed by atoms with E-state index >= 15 is 0 Å². The Labute approximate surface area is 104 Å². The minimum Gasteiger partial charge on any atom is -0.465 e. The fraction of sp³-hybridized carbons (Fsp3) is 0.333. The maximum Gasteiger partial charge on any atom is 0.407 e. The molecule has 0 unspecified atom stereocenters. The molecule has 6 nitrogen and oxygen atoms in total. The molecule has 0 bridgehead atoms. The second kappa shape index (κ2) is 5.05. The summed E-state index contributed by atoms with van der Waals surface area (Å²) in [6.07, 6.45) is -0.934. The highest BCUT2D eigenvalue weighted by Crippen LogP contribution is 2.25. The Morgan fingerprint density at radius 3 is 2.78 bits per heavy atom. The molecular formula is C12H14N2O4. The van der Waals surface area contributed by atoms with Gasteiger partial charge in [-0.05, 0) is 23.3 Å². The molecule has 1 aromatic carbocycles. The molecule has 2 rings (SSSR count). The van der Waals surface area contributed by atoms with Crippen LogP contribution in [0.2, 0.25) is 0 Å². The Hall–Kier alpha value is -2.08. The smallest absolute Gasteiger partial charge is 0.407 e. The SMILES string of the molecule is COCC(=O)Nc1ccc2c(c1)CN(C(=O)O)C2. The van der Waals surface area contributed by atoms with Crippen LogP contribution >= 0.6 is 0 Å². The summed E-state index contributed by atoms with van der Waals surface area (Å²) < 4.78 is 4.72. The zero-order valence-electron chi connectivity index (χ0n) is 9.97. The van der Waals surface area contributed by atoms with Crippen molar-refractivity contribution in [2.45, 2.75) is 13.1 Å². The number of hydrogen-bond acceptors (Lipinski definition) is 3. The van der Waals surface area contributed by atoms with Crippen molar-refractivity contribution < 1.29 is 19.4 Å². The molecule has 0 saturated heterocycles. The summed E-state index contributed by atoms with van der Waals surface area (Å²) in [5.74, 6) is -0.231. The lowest BCUT2D eigenvalue weighted by Gasteiger charge is -2.08. The molecule has 0 radical (unpaired) electrons. The number of carbonyl (C=O) groups excluding carboxylic acids is 1. The molecule has 0 atom stereocenters. The van der Waals surface area contributed by atoms with Crippen molar-refractivity contribution in [3.8, 4) is 0 Å². The Balaban J connectivity index is 2.08. The highest BCUT2D eigenvalue weighted by Gasteiger charge is 2.22. The van der Waals surface area contributed by atoms with Gasteiger partial charge in [0.2, 0.25) is 5.91 Å². The van der Waals surface area contributed by atoms with Crippen molar-refractivity contribution in [2.75, 3.05) is 19.0 Å². The molecule has 2 amide bonds. The minimum absolute atomic E-state index is 0.00165. The second-order valence-electron chi connectivity index (χ2n) is 4.10. The lowest BCUT2D eigenvalue weighted by atomic mass is 10.1. The number of nitrogens with one attached hydrogen (secondary N) is 1. The van der Waals surface area contributed by atoms with Crippen molar-refractivity contribution in [3.05, 3.63) is 29.3 Å². The van der Waals surface area contributed by atoms with Gasteiger partial charge in [-0.25, -0.2) is 4.79 Å². The van der Waals surface area contributed by atoms with Crippen molar-refractivity contribution >= 4 is 17.7 Å². The average Bonchev–Trinajstić information content (AvgIpc) is 2.72. The molecule has 1 aliphatic rings. The summed E-state index contributed by atoms with van der Waals surface area (Å²) in [4.78, 5) is 23.5. The van der Waals surface area contributed by atoms with E-state index in [2.05, 4.69) is 5.32 Å². The van der Waals surface area contributed by atoms with Gasteiger partial charge < -0.3 is 15.2 Å². The fourth-order valence-electron chi connectivity index (χ4n) is 1.94. The van der Waals surface area contributed by atoms with Crippen LogP contribution in [0.5, 0.6) is 0 Å². The number of rotatable bonds is 3. The van der Waals surface area contributed by atoms with Gasteiger partial charge in [0.1, 0.15) is 6.61 Å². The Kier molecular flexibility index (Phi) is 3.47. The molecule has 18 heavy (non-hydrogen) atoms. The zero-order chi connectivity index (χ0) is 13.1. The van der Waals surface area contributed by atoms with Crippen molar-refractivity contribution in [3.63, 3.8) is 0 Å². The van der Waals surface area contributed by atoms with E-state index in [9.17, 15) is 9.59 Å². The van der Waals surface area contributed by atoms with Crippen molar-refractivity contribution in [1.29, 1.82) is 0 Å². The summed E-state index contributed by atoms with van der Waals surface area (Å²) >= 11 is 0. The molecule has 1 heterocycles. The number of benzene rings is 1. The van der Waals surface area contributed by atoms with Gasteiger partial charge in [0.15, 0.2) is 0 Å².